The average molecular weight is 356 g/mol. The van der Waals surface area contributed by atoms with E-state index in [0.717, 1.165) is 45.7 Å². The highest BCUT2D eigenvalue weighted by Gasteiger charge is 2.13. The molecule has 1 aliphatic heterocycles. The van der Waals surface area contributed by atoms with Gasteiger partial charge in [-0.2, -0.15) is 0 Å². The fourth-order valence-electron chi connectivity index (χ4n) is 3.06. The van der Waals surface area contributed by atoms with Crippen molar-refractivity contribution in [2.45, 2.75) is 13.5 Å². The summed E-state index contributed by atoms with van der Waals surface area (Å²) in [5, 5.41) is 7.85. The Hall–Kier alpha value is -2.66. The van der Waals surface area contributed by atoms with Crippen molar-refractivity contribution in [3.05, 3.63) is 47.1 Å². The van der Waals surface area contributed by atoms with E-state index in [1.807, 2.05) is 30.3 Å². The first-order chi connectivity index (χ1) is 12.1. The van der Waals surface area contributed by atoms with Crippen molar-refractivity contribution in [1.29, 1.82) is 0 Å². The van der Waals surface area contributed by atoms with E-state index >= 15 is 0 Å². The minimum Gasteiger partial charge on any atom is -0.490 e. The van der Waals surface area contributed by atoms with Gasteiger partial charge in [-0.3, -0.25) is 4.79 Å². The van der Waals surface area contributed by atoms with Crippen LogP contribution in [0.1, 0.15) is 12.6 Å². The number of hydrogen-bond acceptors (Lipinski definition) is 3. The van der Waals surface area contributed by atoms with Crippen molar-refractivity contribution in [2.24, 2.45) is 0 Å². The summed E-state index contributed by atoms with van der Waals surface area (Å²) >= 11 is 6.52. The smallest absolute Gasteiger partial charge is 0.217 e. The molecule has 0 atom stereocenters. The van der Waals surface area contributed by atoms with Gasteiger partial charge < -0.3 is 20.4 Å². The molecule has 1 aromatic heterocycles. The van der Waals surface area contributed by atoms with Crippen molar-refractivity contribution in [3.8, 4) is 16.9 Å². The summed E-state index contributed by atoms with van der Waals surface area (Å²) in [7, 11) is 0. The lowest BCUT2D eigenvalue weighted by Crippen LogP contribution is -2.18. The Morgan fingerprint density at radius 3 is 3.00 bits per heavy atom. The molecular weight excluding hydrogens is 338 g/mol. The lowest BCUT2D eigenvalue weighted by Gasteiger charge is -2.20. The predicted octanol–water partition coefficient (Wildman–Crippen LogP) is 3.93. The zero-order valence-corrected chi connectivity index (χ0v) is 14.5. The maximum Gasteiger partial charge on any atom is 0.217 e. The topological polar surface area (TPSA) is 66.2 Å². The Balaban J connectivity index is 1.72. The van der Waals surface area contributed by atoms with Crippen molar-refractivity contribution in [2.75, 3.05) is 18.5 Å². The standard InChI is InChI=1S/C19H18ClN3O2/c1-11(24)22-10-14-6-13-7-16(20)15(9-17(13)23-14)12-2-3-19-18(8-12)21-4-5-25-19/h2-3,6-9,21,23H,4-5,10H2,1H3,(H,22,24). The van der Waals surface area contributed by atoms with Gasteiger partial charge in [-0.1, -0.05) is 17.7 Å². The number of carbonyl (C=O) groups excluding carboxylic acids is 1. The molecule has 3 N–H and O–H groups in total. The number of ether oxygens (including phenoxy) is 1. The number of anilines is 1. The van der Waals surface area contributed by atoms with Crippen LogP contribution < -0.4 is 15.4 Å². The first kappa shape index (κ1) is 15.8. The van der Waals surface area contributed by atoms with E-state index in [1.54, 1.807) is 0 Å². The normalized spacial score (nSPS) is 13.0. The van der Waals surface area contributed by atoms with Crippen LogP contribution in [-0.4, -0.2) is 24.0 Å². The maximum absolute atomic E-state index is 11.1. The molecule has 1 amide bonds. The third-order valence-corrected chi connectivity index (χ3v) is 4.57. The Morgan fingerprint density at radius 1 is 1.28 bits per heavy atom. The first-order valence-electron chi connectivity index (χ1n) is 8.17. The molecule has 0 radical (unpaired) electrons. The molecule has 3 aromatic rings. The van der Waals surface area contributed by atoms with E-state index in [1.165, 1.54) is 6.92 Å². The predicted molar refractivity (Wildman–Crippen MR) is 100 cm³/mol. The van der Waals surface area contributed by atoms with Gasteiger partial charge in [-0.25, -0.2) is 0 Å². The average Bonchev–Trinajstić information content (AvgIpc) is 3.00. The lowest BCUT2D eigenvalue weighted by molar-refractivity contribution is -0.119. The molecular formula is C19H18ClN3O2. The second kappa shape index (κ2) is 6.33. The minimum atomic E-state index is -0.0545. The third-order valence-electron chi connectivity index (χ3n) is 4.26. The zero-order valence-electron chi connectivity index (χ0n) is 13.8. The molecule has 4 rings (SSSR count). The maximum atomic E-state index is 11.1. The zero-order chi connectivity index (χ0) is 17.4. The molecule has 0 fully saturated rings. The van der Waals surface area contributed by atoms with Crippen molar-refractivity contribution >= 4 is 34.1 Å². The van der Waals surface area contributed by atoms with Gasteiger partial charge >= 0.3 is 0 Å². The lowest BCUT2D eigenvalue weighted by atomic mass is 10.0. The molecule has 0 saturated carbocycles. The number of nitrogens with one attached hydrogen (secondary N) is 3. The highest BCUT2D eigenvalue weighted by atomic mass is 35.5. The summed E-state index contributed by atoms with van der Waals surface area (Å²) in [5.41, 5.74) is 4.90. The Bertz CT molecular complexity index is 965. The van der Waals surface area contributed by atoms with Gasteiger partial charge in [0, 0.05) is 40.7 Å². The molecule has 0 saturated heterocycles. The molecule has 6 heteroatoms. The van der Waals surface area contributed by atoms with E-state index < -0.39 is 0 Å². The number of H-pyrrole nitrogens is 1. The summed E-state index contributed by atoms with van der Waals surface area (Å²) < 4.78 is 5.63. The van der Waals surface area contributed by atoms with Crippen LogP contribution in [0.3, 0.4) is 0 Å². The summed E-state index contributed by atoms with van der Waals surface area (Å²) in [6, 6.07) is 12.0. The number of hydrogen-bond donors (Lipinski definition) is 3. The molecule has 5 nitrogen and oxygen atoms in total. The summed E-state index contributed by atoms with van der Waals surface area (Å²) in [5.74, 6) is 0.811. The molecule has 0 unspecified atom stereocenters. The van der Waals surface area contributed by atoms with E-state index in [-0.39, 0.29) is 5.91 Å². The van der Waals surface area contributed by atoms with Gasteiger partial charge in [-0.05, 0) is 35.9 Å². The second-order valence-electron chi connectivity index (χ2n) is 6.11. The Morgan fingerprint density at radius 2 is 2.16 bits per heavy atom. The molecule has 25 heavy (non-hydrogen) atoms. The fraction of sp³-hybridized carbons (Fsp3) is 0.211. The largest absolute Gasteiger partial charge is 0.490 e. The number of carbonyl (C=O) groups is 1. The van der Waals surface area contributed by atoms with Crippen LogP contribution in [0.15, 0.2) is 36.4 Å². The minimum absolute atomic E-state index is 0.0545. The number of benzene rings is 2. The molecule has 1 aliphatic rings. The molecule has 2 heterocycles. The molecule has 0 bridgehead atoms. The van der Waals surface area contributed by atoms with Crippen LogP contribution >= 0.6 is 11.6 Å². The molecule has 0 aliphatic carbocycles. The Labute approximate surface area is 150 Å². The SMILES string of the molecule is CC(=O)NCc1cc2cc(Cl)c(-c3ccc4c(c3)NCCO4)cc2[nH]1. The quantitative estimate of drug-likeness (QED) is 0.667. The van der Waals surface area contributed by atoms with E-state index in [2.05, 4.69) is 21.7 Å². The number of fused-ring (bicyclic) bond motifs is 2. The van der Waals surface area contributed by atoms with E-state index in [0.29, 0.717) is 18.2 Å². The van der Waals surface area contributed by atoms with Gasteiger partial charge in [0.15, 0.2) is 0 Å². The monoisotopic (exact) mass is 355 g/mol. The van der Waals surface area contributed by atoms with E-state index in [9.17, 15) is 4.79 Å². The van der Waals surface area contributed by atoms with Crippen molar-refractivity contribution < 1.29 is 9.53 Å². The first-order valence-corrected chi connectivity index (χ1v) is 8.54. The number of amides is 1. The van der Waals surface area contributed by atoms with Crippen molar-refractivity contribution in [3.63, 3.8) is 0 Å². The van der Waals surface area contributed by atoms with Gasteiger partial charge in [0.05, 0.1) is 12.2 Å². The van der Waals surface area contributed by atoms with Crippen LogP contribution in [0.4, 0.5) is 5.69 Å². The van der Waals surface area contributed by atoms with Crippen LogP contribution in [0, 0.1) is 0 Å². The highest BCUT2D eigenvalue weighted by Crippen LogP contribution is 2.37. The number of aromatic nitrogens is 1. The van der Waals surface area contributed by atoms with Gasteiger partial charge in [0.2, 0.25) is 5.91 Å². The highest BCUT2D eigenvalue weighted by molar-refractivity contribution is 6.34. The summed E-state index contributed by atoms with van der Waals surface area (Å²) in [6.45, 7) is 3.45. The fourth-order valence-corrected chi connectivity index (χ4v) is 3.34. The van der Waals surface area contributed by atoms with Gasteiger partial charge in [0.25, 0.3) is 0 Å². The molecule has 0 spiro atoms. The van der Waals surface area contributed by atoms with Gasteiger partial charge in [-0.15, -0.1) is 0 Å². The van der Waals surface area contributed by atoms with Crippen LogP contribution in [-0.2, 0) is 11.3 Å². The molecule has 128 valence electrons. The number of aromatic amines is 1. The third kappa shape index (κ3) is 3.15. The van der Waals surface area contributed by atoms with E-state index in [4.69, 9.17) is 16.3 Å². The van der Waals surface area contributed by atoms with Crippen LogP contribution in [0.5, 0.6) is 5.75 Å². The number of halogens is 1. The van der Waals surface area contributed by atoms with Gasteiger partial charge in [0.1, 0.15) is 12.4 Å². The number of rotatable bonds is 3. The Kier molecular flexibility index (Phi) is 4.01. The van der Waals surface area contributed by atoms with Crippen molar-refractivity contribution in [1.82, 2.24) is 10.3 Å². The summed E-state index contributed by atoms with van der Waals surface area (Å²) in [4.78, 5) is 14.4. The van der Waals surface area contributed by atoms with Crippen LogP contribution in [0.25, 0.3) is 22.0 Å². The summed E-state index contributed by atoms with van der Waals surface area (Å²) in [6.07, 6.45) is 0. The molecule has 2 aromatic carbocycles. The van der Waals surface area contributed by atoms with Crippen LogP contribution in [0.2, 0.25) is 5.02 Å². The second-order valence-corrected chi connectivity index (χ2v) is 6.52.